The van der Waals surface area contributed by atoms with Crippen LogP contribution < -0.4 is 10.9 Å². The summed E-state index contributed by atoms with van der Waals surface area (Å²) in [6, 6.07) is 7.97. The molecule has 1 heterocycles. The van der Waals surface area contributed by atoms with Crippen LogP contribution in [-0.2, 0) is 0 Å². The van der Waals surface area contributed by atoms with E-state index in [1.54, 1.807) is 6.07 Å². The first kappa shape index (κ1) is 12.0. The molecule has 1 amide bonds. The number of aromatic nitrogens is 1. The molecule has 0 atom stereocenters. The third kappa shape index (κ3) is 3.00. The van der Waals surface area contributed by atoms with Crippen molar-refractivity contribution in [3.05, 3.63) is 59.9 Å². The van der Waals surface area contributed by atoms with Crippen LogP contribution in [-0.4, -0.2) is 10.9 Å². The zero-order chi connectivity index (χ0) is 13.0. The number of halogens is 2. The number of nitrogens with one attached hydrogen (secondary N) is 2. The number of rotatable bonds is 3. The van der Waals surface area contributed by atoms with Crippen molar-refractivity contribution in [3.8, 4) is 0 Å². The molecule has 0 aliphatic carbocycles. The van der Waals surface area contributed by atoms with Gasteiger partial charge in [0, 0.05) is 0 Å². The minimum absolute atomic E-state index is 0.0558. The Balaban J connectivity index is 1.98. The summed E-state index contributed by atoms with van der Waals surface area (Å²) in [4.78, 5) is 15.2. The molecule has 0 aliphatic heterocycles. The summed E-state index contributed by atoms with van der Waals surface area (Å²) >= 11 is 0. The highest BCUT2D eigenvalue weighted by molar-refractivity contribution is 5.92. The fourth-order valence-corrected chi connectivity index (χ4v) is 1.27. The Labute approximate surface area is 102 Å². The molecule has 18 heavy (non-hydrogen) atoms. The number of amides is 1. The van der Waals surface area contributed by atoms with E-state index >= 15 is 0 Å². The number of anilines is 1. The predicted octanol–water partition coefficient (Wildman–Crippen LogP) is 2.12. The van der Waals surface area contributed by atoms with E-state index in [9.17, 15) is 13.6 Å². The molecule has 0 saturated carbocycles. The lowest BCUT2D eigenvalue weighted by Gasteiger charge is -2.07. The summed E-state index contributed by atoms with van der Waals surface area (Å²) in [6.07, 6.45) is 0.942. The van der Waals surface area contributed by atoms with Crippen LogP contribution in [0.15, 0.2) is 42.6 Å². The molecule has 0 bridgehead atoms. The van der Waals surface area contributed by atoms with Gasteiger partial charge in [0.1, 0.15) is 17.3 Å². The highest BCUT2D eigenvalue weighted by Gasteiger charge is 2.06. The summed E-state index contributed by atoms with van der Waals surface area (Å²) in [6.45, 7) is 0. The molecule has 2 N–H and O–H groups in total. The van der Waals surface area contributed by atoms with Crippen molar-refractivity contribution < 1.29 is 13.6 Å². The van der Waals surface area contributed by atoms with Crippen LogP contribution in [0.3, 0.4) is 0 Å². The number of pyridine rings is 1. The minimum Gasteiger partial charge on any atom is -0.298 e. The average Bonchev–Trinajstić information content (AvgIpc) is 2.37. The molecular weight excluding hydrogens is 240 g/mol. The summed E-state index contributed by atoms with van der Waals surface area (Å²) in [5, 5.41) is 0. The Morgan fingerprint density at radius 3 is 2.61 bits per heavy atom. The Kier molecular flexibility index (Phi) is 3.47. The third-order valence-electron chi connectivity index (χ3n) is 2.11. The summed E-state index contributed by atoms with van der Waals surface area (Å²) in [5.41, 5.74) is 5.30. The van der Waals surface area contributed by atoms with Crippen molar-refractivity contribution >= 4 is 11.6 Å². The van der Waals surface area contributed by atoms with Crippen LogP contribution in [0.5, 0.6) is 0 Å². The lowest BCUT2D eigenvalue weighted by atomic mass is 10.3. The molecule has 1 aromatic heterocycles. The van der Waals surface area contributed by atoms with Crippen molar-refractivity contribution in [2.24, 2.45) is 0 Å². The van der Waals surface area contributed by atoms with Crippen LogP contribution >= 0.6 is 0 Å². The molecule has 2 aromatic rings. The molecular formula is C12H9F2N3O. The first-order valence-electron chi connectivity index (χ1n) is 5.08. The molecule has 4 nitrogen and oxygen atoms in total. The number of hydrogen-bond donors (Lipinski definition) is 2. The first-order chi connectivity index (χ1) is 8.65. The lowest BCUT2D eigenvalue weighted by Crippen LogP contribution is -2.30. The smallest absolute Gasteiger partial charge is 0.288 e. The van der Waals surface area contributed by atoms with Crippen LogP contribution in [0.25, 0.3) is 0 Å². The zero-order valence-corrected chi connectivity index (χ0v) is 9.15. The van der Waals surface area contributed by atoms with E-state index in [4.69, 9.17) is 0 Å². The Bertz CT molecular complexity index is 558. The molecule has 6 heteroatoms. The summed E-state index contributed by atoms with van der Waals surface area (Å²) in [7, 11) is 0. The van der Waals surface area contributed by atoms with Gasteiger partial charge in [0.25, 0.3) is 5.91 Å². The van der Waals surface area contributed by atoms with Gasteiger partial charge < -0.3 is 0 Å². The highest BCUT2D eigenvalue weighted by atomic mass is 19.1. The van der Waals surface area contributed by atoms with E-state index in [0.717, 1.165) is 12.3 Å². The van der Waals surface area contributed by atoms with E-state index in [0.29, 0.717) is 5.69 Å². The van der Waals surface area contributed by atoms with Gasteiger partial charge in [-0.1, -0.05) is 6.07 Å². The number of nitrogens with zero attached hydrogens (tertiary/aromatic N) is 1. The molecule has 92 valence electrons. The van der Waals surface area contributed by atoms with Crippen molar-refractivity contribution in [2.45, 2.75) is 0 Å². The van der Waals surface area contributed by atoms with Gasteiger partial charge in [-0.2, -0.15) is 0 Å². The molecule has 1 aromatic carbocycles. The largest absolute Gasteiger partial charge is 0.298 e. The zero-order valence-electron chi connectivity index (χ0n) is 9.15. The molecule has 0 radical (unpaired) electrons. The molecule has 0 saturated heterocycles. The number of hydrogen-bond acceptors (Lipinski definition) is 3. The van der Waals surface area contributed by atoms with E-state index in [1.165, 1.54) is 24.3 Å². The predicted molar refractivity (Wildman–Crippen MR) is 61.7 cm³/mol. The number of carbonyl (C=O) groups is 1. The van der Waals surface area contributed by atoms with Crippen molar-refractivity contribution in [3.63, 3.8) is 0 Å². The van der Waals surface area contributed by atoms with Gasteiger partial charge in [0.05, 0.1) is 11.9 Å². The Hall–Kier alpha value is -2.50. The van der Waals surface area contributed by atoms with Crippen molar-refractivity contribution in [2.75, 3.05) is 5.43 Å². The van der Waals surface area contributed by atoms with E-state index in [-0.39, 0.29) is 5.69 Å². The molecule has 0 fully saturated rings. The highest BCUT2D eigenvalue weighted by Crippen LogP contribution is 2.07. The first-order valence-corrected chi connectivity index (χ1v) is 5.08. The lowest BCUT2D eigenvalue weighted by molar-refractivity contribution is 0.0957. The van der Waals surface area contributed by atoms with Crippen LogP contribution in [0.1, 0.15) is 10.5 Å². The number of carbonyl (C=O) groups excluding carboxylic acids is 1. The Morgan fingerprint density at radius 1 is 1.11 bits per heavy atom. The average molecular weight is 249 g/mol. The van der Waals surface area contributed by atoms with Crippen LogP contribution in [0.4, 0.5) is 14.5 Å². The van der Waals surface area contributed by atoms with Gasteiger partial charge >= 0.3 is 0 Å². The second-order valence-corrected chi connectivity index (χ2v) is 3.45. The van der Waals surface area contributed by atoms with Crippen LogP contribution in [0, 0.1) is 11.6 Å². The molecule has 2 rings (SSSR count). The van der Waals surface area contributed by atoms with E-state index < -0.39 is 17.5 Å². The SMILES string of the molecule is O=C(NNc1cccc(F)c1)c1ccc(F)cn1. The monoisotopic (exact) mass is 249 g/mol. The molecule has 0 unspecified atom stereocenters. The fraction of sp³-hybridized carbons (Fsp3) is 0. The van der Waals surface area contributed by atoms with Gasteiger partial charge in [0.2, 0.25) is 0 Å². The van der Waals surface area contributed by atoms with Gasteiger partial charge in [0.15, 0.2) is 0 Å². The van der Waals surface area contributed by atoms with E-state index in [2.05, 4.69) is 15.8 Å². The van der Waals surface area contributed by atoms with Gasteiger partial charge in [-0.05, 0) is 30.3 Å². The van der Waals surface area contributed by atoms with Crippen molar-refractivity contribution in [1.82, 2.24) is 10.4 Å². The second kappa shape index (κ2) is 5.22. The van der Waals surface area contributed by atoms with Gasteiger partial charge in [-0.25, -0.2) is 13.8 Å². The maximum Gasteiger partial charge on any atom is 0.288 e. The third-order valence-corrected chi connectivity index (χ3v) is 2.11. The fourth-order valence-electron chi connectivity index (χ4n) is 1.27. The normalized spacial score (nSPS) is 9.89. The summed E-state index contributed by atoms with van der Waals surface area (Å²) < 4.78 is 25.4. The summed E-state index contributed by atoms with van der Waals surface area (Å²) in [5.74, 6) is -1.49. The quantitative estimate of drug-likeness (QED) is 0.819. The topological polar surface area (TPSA) is 54.0 Å². The number of benzene rings is 1. The number of hydrazine groups is 1. The Morgan fingerprint density at radius 2 is 1.94 bits per heavy atom. The van der Waals surface area contributed by atoms with Crippen LogP contribution in [0.2, 0.25) is 0 Å². The van der Waals surface area contributed by atoms with Gasteiger partial charge in [-0.15, -0.1) is 0 Å². The second-order valence-electron chi connectivity index (χ2n) is 3.45. The maximum atomic E-state index is 12.9. The van der Waals surface area contributed by atoms with Crippen molar-refractivity contribution in [1.29, 1.82) is 0 Å². The maximum absolute atomic E-state index is 12.9. The van der Waals surface area contributed by atoms with Gasteiger partial charge in [-0.3, -0.25) is 15.6 Å². The minimum atomic E-state index is -0.542. The molecule has 0 aliphatic rings. The van der Waals surface area contributed by atoms with E-state index in [1.807, 2.05) is 0 Å². The standard InChI is InChI=1S/C12H9F2N3O/c13-8-2-1-3-10(6-8)16-17-12(18)11-5-4-9(14)7-15-11/h1-7,16H,(H,17,18). The molecule has 0 spiro atoms.